The Hall–Kier alpha value is -1.96. The molecule has 0 unspecified atom stereocenters. The van der Waals surface area contributed by atoms with Crippen molar-refractivity contribution in [2.24, 2.45) is 16.7 Å². The third-order valence-electron chi connectivity index (χ3n) is 7.50. The van der Waals surface area contributed by atoms with Gasteiger partial charge in [-0.05, 0) is 36.2 Å². The van der Waals surface area contributed by atoms with E-state index in [4.69, 9.17) is 14.2 Å². The van der Waals surface area contributed by atoms with Crippen LogP contribution in [0.4, 0.5) is 4.79 Å². The number of hydrogen-bond donors (Lipinski definition) is 1. The number of methoxy groups -OCH3 is 2. The lowest BCUT2D eigenvalue weighted by Crippen LogP contribution is -2.56. The smallest absolute Gasteiger partial charge is 0.328 e. The van der Waals surface area contributed by atoms with Crippen LogP contribution in [0.2, 0.25) is 0 Å². The van der Waals surface area contributed by atoms with Gasteiger partial charge in [0.15, 0.2) is 12.5 Å². The first kappa shape index (κ1) is 20.3. The molecule has 7 nitrogen and oxygen atoms in total. The summed E-state index contributed by atoms with van der Waals surface area (Å²) in [4.78, 5) is 27.9. The van der Waals surface area contributed by atoms with E-state index < -0.39 is 23.9 Å². The highest BCUT2D eigenvalue weighted by Gasteiger charge is 2.70. The zero-order valence-electron chi connectivity index (χ0n) is 17.5. The summed E-state index contributed by atoms with van der Waals surface area (Å²) in [6.45, 7) is 4.56. The quantitative estimate of drug-likeness (QED) is 0.792. The summed E-state index contributed by atoms with van der Waals surface area (Å²) in [5.41, 5.74) is 0.0104. The van der Waals surface area contributed by atoms with Gasteiger partial charge in [-0.2, -0.15) is 0 Å². The largest absolute Gasteiger partial charge is 0.380 e. The summed E-state index contributed by atoms with van der Waals surface area (Å²) >= 11 is 0. The summed E-state index contributed by atoms with van der Waals surface area (Å²) in [6.07, 6.45) is 0.795. The van der Waals surface area contributed by atoms with Crippen LogP contribution >= 0.6 is 0 Å². The number of nitrogens with one attached hydrogen (secondary N) is 1. The molecule has 4 rings (SSSR count). The lowest BCUT2D eigenvalue weighted by Gasteiger charge is -2.42. The monoisotopic (exact) mass is 402 g/mol. The molecule has 29 heavy (non-hydrogen) atoms. The van der Waals surface area contributed by atoms with E-state index in [2.05, 4.69) is 19.2 Å². The first-order valence-electron chi connectivity index (χ1n) is 10.2. The summed E-state index contributed by atoms with van der Waals surface area (Å²) in [6, 6.07) is 9.21. The number of carbonyl (C=O) groups excluding carboxylic acids is 2. The molecule has 1 heterocycles. The highest BCUT2D eigenvalue weighted by Crippen LogP contribution is 2.67. The molecule has 3 amide bonds. The van der Waals surface area contributed by atoms with Crippen molar-refractivity contribution in [1.82, 2.24) is 10.2 Å². The van der Waals surface area contributed by atoms with Crippen molar-refractivity contribution >= 4 is 11.9 Å². The molecule has 2 aliphatic carbocycles. The molecule has 1 aromatic rings. The Morgan fingerprint density at radius 2 is 1.93 bits per heavy atom. The van der Waals surface area contributed by atoms with Gasteiger partial charge in [-0.25, -0.2) is 9.69 Å². The van der Waals surface area contributed by atoms with Crippen LogP contribution < -0.4 is 5.32 Å². The van der Waals surface area contributed by atoms with E-state index >= 15 is 0 Å². The Morgan fingerprint density at radius 1 is 1.21 bits per heavy atom. The first-order valence-corrected chi connectivity index (χ1v) is 10.2. The second kappa shape index (κ2) is 7.38. The minimum Gasteiger partial charge on any atom is -0.380 e. The molecular weight excluding hydrogens is 372 g/mol. The number of hydrogen-bond acceptors (Lipinski definition) is 5. The van der Waals surface area contributed by atoms with Crippen molar-refractivity contribution in [1.29, 1.82) is 0 Å². The van der Waals surface area contributed by atoms with E-state index in [0.717, 1.165) is 24.8 Å². The average Bonchev–Trinajstić information content (AvgIpc) is 3.27. The molecule has 0 spiro atoms. The van der Waals surface area contributed by atoms with Gasteiger partial charge >= 0.3 is 6.03 Å². The number of nitrogens with zero attached hydrogens (tertiary/aromatic N) is 1. The fraction of sp³-hybridized carbons (Fsp3) is 0.636. The third kappa shape index (κ3) is 2.90. The van der Waals surface area contributed by atoms with Crippen LogP contribution in [0, 0.1) is 16.7 Å². The number of fused-ring (bicyclic) bond motifs is 2. The lowest BCUT2D eigenvalue weighted by atomic mass is 9.67. The van der Waals surface area contributed by atoms with E-state index in [1.54, 1.807) is 7.11 Å². The molecule has 2 bridgehead atoms. The molecule has 0 radical (unpaired) electrons. The van der Waals surface area contributed by atoms with Crippen molar-refractivity contribution in [2.75, 3.05) is 14.2 Å². The van der Waals surface area contributed by atoms with Gasteiger partial charge in [0, 0.05) is 14.2 Å². The van der Waals surface area contributed by atoms with Crippen LogP contribution in [-0.4, -0.2) is 49.6 Å². The van der Waals surface area contributed by atoms with Gasteiger partial charge in [-0.15, -0.1) is 0 Å². The molecule has 7 heteroatoms. The molecule has 158 valence electrons. The fourth-order valence-electron chi connectivity index (χ4n) is 5.76. The number of amides is 3. The molecule has 2 saturated carbocycles. The predicted octanol–water partition coefficient (Wildman–Crippen LogP) is 2.89. The average molecular weight is 402 g/mol. The lowest BCUT2D eigenvalue weighted by molar-refractivity contribution is -0.168. The van der Waals surface area contributed by atoms with Crippen molar-refractivity contribution in [3.63, 3.8) is 0 Å². The Balaban J connectivity index is 1.57. The summed E-state index contributed by atoms with van der Waals surface area (Å²) < 4.78 is 17.2. The molecule has 3 aliphatic rings. The Kier molecular flexibility index (Phi) is 5.17. The van der Waals surface area contributed by atoms with Crippen LogP contribution in [0.3, 0.4) is 0 Å². The molecule has 5 atom stereocenters. The zero-order chi connectivity index (χ0) is 20.8. The Bertz CT molecular complexity index is 783. The van der Waals surface area contributed by atoms with E-state index in [1.807, 2.05) is 30.3 Å². The second-order valence-electron chi connectivity index (χ2n) is 8.86. The van der Waals surface area contributed by atoms with Crippen molar-refractivity contribution in [3.05, 3.63) is 35.9 Å². The number of ether oxygens (including phenoxy) is 3. The second-order valence-corrected chi connectivity index (χ2v) is 8.86. The number of urea groups is 1. The van der Waals surface area contributed by atoms with Gasteiger partial charge in [0.05, 0.1) is 18.1 Å². The number of imide groups is 1. The molecule has 1 N–H and O–H groups in total. The fourth-order valence-corrected chi connectivity index (χ4v) is 5.76. The molecule has 3 fully saturated rings. The van der Waals surface area contributed by atoms with Crippen LogP contribution in [0.25, 0.3) is 0 Å². The standard InChI is InChI=1S/C22H30N2O5/c1-21(2)15-10-11-22(21,16(12-15)27-3)19(25)24-18(28-4)17(23-20(24)26)29-13-14-8-6-5-7-9-14/h5-9,15-18H,10-13H2,1-4H3,(H,23,26)/t15-,16-,17-,18-,22+/m1/s1. The third-order valence-corrected chi connectivity index (χ3v) is 7.50. The maximum absolute atomic E-state index is 13.9. The van der Waals surface area contributed by atoms with Crippen LogP contribution in [-0.2, 0) is 25.6 Å². The minimum atomic E-state index is -0.818. The van der Waals surface area contributed by atoms with E-state index in [-0.39, 0.29) is 17.4 Å². The van der Waals surface area contributed by atoms with Gasteiger partial charge < -0.3 is 19.5 Å². The molecule has 1 aliphatic heterocycles. The first-order chi connectivity index (χ1) is 13.9. The van der Waals surface area contributed by atoms with Crippen molar-refractivity contribution in [2.45, 2.75) is 58.3 Å². The molecule has 1 aromatic carbocycles. The molecular formula is C22H30N2O5. The summed E-state index contributed by atoms with van der Waals surface area (Å²) in [7, 11) is 3.15. The highest BCUT2D eigenvalue weighted by atomic mass is 16.6. The SMILES string of the molecule is CO[C@@H]1[C@@H](OCc2ccccc2)NC(=O)N1C(=O)[C@]12CC[C@H](C[C@H]1OC)C2(C)C. The summed E-state index contributed by atoms with van der Waals surface area (Å²) in [5.74, 6) is 0.192. The maximum Gasteiger partial charge on any atom is 0.328 e. The van der Waals surface area contributed by atoms with Crippen molar-refractivity contribution in [3.8, 4) is 0 Å². The van der Waals surface area contributed by atoms with Crippen LogP contribution in [0.5, 0.6) is 0 Å². The number of carbonyl (C=O) groups is 2. The minimum absolute atomic E-state index is 0.196. The highest BCUT2D eigenvalue weighted by molar-refractivity contribution is 6.00. The van der Waals surface area contributed by atoms with Crippen LogP contribution in [0.1, 0.15) is 38.7 Å². The van der Waals surface area contributed by atoms with Gasteiger partial charge in [-0.1, -0.05) is 44.2 Å². The number of rotatable bonds is 6. The molecule has 1 saturated heterocycles. The van der Waals surface area contributed by atoms with Crippen molar-refractivity contribution < 1.29 is 23.8 Å². The number of benzene rings is 1. The Labute approximate surface area is 171 Å². The topological polar surface area (TPSA) is 77.1 Å². The Morgan fingerprint density at radius 3 is 2.55 bits per heavy atom. The normalized spacial score (nSPS) is 35.2. The summed E-state index contributed by atoms with van der Waals surface area (Å²) in [5, 5.41) is 2.77. The van der Waals surface area contributed by atoms with Gasteiger partial charge in [0.2, 0.25) is 5.91 Å². The van der Waals surface area contributed by atoms with E-state index in [1.165, 1.54) is 12.0 Å². The van der Waals surface area contributed by atoms with E-state index in [0.29, 0.717) is 12.5 Å². The maximum atomic E-state index is 13.9. The van der Waals surface area contributed by atoms with Gasteiger partial charge in [0.25, 0.3) is 0 Å². The van der Waals surface area contributed by atoms with Crippen LogP contribution in [0.15, 0.2) is 30.3 Å². The van der Waals surface area contributed by atoms with E-state index in [9.17, 15) is 9.59 Å². The predicted molar refractivity (Wildman–Crippen MR) is 106 cm³/mol. The van der Waals surface area contributed by atoms with Gasteiger partial charge in [-0.3, -0.25) is 4.79 Å². The zero-order valence-corrected chi connectivity index (χ0v) is 17.5. The van der Waals surface area contributed by atoms with Gasteiger partial charge in [0.1, 0.15) is 0 Å². The molecule has 0 aromatic heterocycles.